The van der Waals surface area contributed by atoms with Crippen molar-refractivity contribution in [3.8, 4) is 5.75 Å². The van der Waals surface area contributed by atoms with Crippen LogP contribution >= 0.6 is 0 Å². The van der Waals surface area contributed by atoms with Crippen molar-refractivity contribution in [3.05, 3.63) is 24.3 Å². The Morgan fingerprint density at radius 3 is 2.69 bits per heavy atom. The molecule has 7 heteroatoms. The smallest absolute Gasteiger partial charge is 0.221 e. The maximum Gasteiger partial charge on any atom is 0.221 e. The summed E-state index contributed by atoms with van der Waals surface area (Å²) in [5.74, 6) is 1.46. The van der Waals surface area contributed by atoms with Crippen molar-refractivity contribution in [1.82, 2.24) is 10.6 Å². The molecular weight excluding hydrogens is 368 g/mol. The molecule has 0 aliphatic heterocycles. The molecule has 0 aromatic heterocycles. The lowest BCUT2D eigenvalue weighted by Crippen LogP contribution is -2.40. The van der Waals surface area contributed by atoms with E-state index in [0.717, 1.165) is 43.5 Å². The summed E-state index contributed by atoms with van der Waals surface area (Å²) in [4.78, 5) is 16.0. The molecule has 3 N–H and O–H groups in total. The predicted molar refractivity (Wildman–Crippen MR) is 118 cm³/mol. The average molecular weight is 405 g/mol. The second-order valence-corrected chi connectivity index (χ2v) is 7.63. The minimum absolute atomic E-state index is 0.0964. The molecule has 1 aromatic carbocycles. The molecule has 0 unspecified atom stereocenters. The molecule has 0 saturated heterocycles. The molecule has 1 aromatic rings. The van der Waals surface area contributed by atoms with E-state index >= 15 is 0 Å². The van der Waals surface area contributed by atoms with Gasteiger partial charge in [-0.3, -0.25) is 9.79 Å². The zero-order valence-corrected chi connectivity index (χ0v) is 18.1. The molecule has 2 rings (SSSR count). The molecular formula is C22H36N4O3. The molecule has 162 valence electrons. The lowest BCUT2D eigenvalue weighted by molar-refractivity contribution is -0.114. The van der Waals surface area contributed by atoms with Gasteiger partial charge >= 0.3 is 0 Å². The SMILES string of the molecule is CCNC(=NCC1(CCOC)CCCC1)NCCOc1cccc(NC(C)=O)c1. The quantitative estimate of drug-likeness (QED) is 0.300. The number of benzene rings is 1. The van der Waals surface area contributed by atoms with Crippen molar-refractivity contribution in [2.24, 2.45) is 10.4 Å². The van der Waals surface area contributed by atoms with Gasteiger partial charge in [-0.1, -0.05) is 18.9 Å². The second kappa shape index (κ2) is 12.3. The van der Waals surface area contributed by atoms with Gasteiger partial charge < -0.3 is 25.4 Å². The first kappa shape index (κ1) is 23.0. The third-order valence-corrected chi connectivity index (χ3v) is 5.24. The Hall–Kier alpha value is -2.28. The molecule has 29 heavy (non-hydrogen) atoms. The molecule has 0 spiro atoms. The highest BCUT2D eigenvalue weighted by Gasteiger charge is 2.33. The summed E-state index contributed by atoms with van der Waals surface area (Å²) in [6, 6.07) is 7.40. The van der Waals surface area contributed by atoms with Crippen LogP contribution in [0.5, 0.6) is 5.75 Å². The number of nitrogens with one attached hydrogen (secondary N) is 3. The van der Waals surface area contributed by atoms with Crippen LogP contribution < -0.4 is 20.7 Å². The van der Waals surface area contributed by atoms with E-state index in [0.29, 0.717) is 13.2 Å². The summed E-state index contributed by atoms with van der Waals surface area (Å²) in [5, 5.41) is 9.42. The predicted octanol–water partition coefficient (Wildman–Crippen LogP) is 3.18. The van der Waals surface area contributed by atoms with Crippen LogP contribution in [0, 0.1) is 5.41 Å². The number of methoxy groups -OCH3 is 1. The molecule has 1 saturated carbocycles. The highest BCUT2D eigenvalue weighted by Crippen LogP contribution is 2.41. The summed E-state index contributed by atoms with van der Waals surface area (Å²) >= 11 is 0. The largest absolute Gasteiger partial charge is 0.492 e. The molecule has 1 aliphatic rings. The normalized spacial score (nSPS) is 15.8. The Bertz CT molecular complexity index is 657. The molecule has 1 fully saturated rings. The van der Waals surface area contributed by atoms with E-state index in [9.17, 15) is 4.79 Å². The van der Waals surface area contributed by atoms with Crippen molar-refractivity contribution in [3.63, 3.8) is 0 Å². The van der Waals surface area contributed by atoms with Gasteiger partial charge in [-0.2, -0.15) is 0 Å². The van der Waals surface area contributed by atoms with Crippen LogP contribution in [0.1, 0.15) is 46.0 Å². The fourth-order valence-electron chi connectivity index (χ4n) is 3.72. The van der Waals surface area contributed by atoms with Crippen molar-refractivity contribution in [2.75, 3.05) is 45.3 Å². The third kappa shape index (κ3) is 8.31. The van der Waals surface area contributed by atoms with Gasteiger partial charge in [-0.25, -0.2) is 0 Å². The van der Waals surface area contributed by atoms with E-state index in [1.165, 1.54) is 32.6 Å². The van der Waals surface area contributed by atoms with Crippen LogP contribution in [0.2, 0.25) is 0 Å². The second-order valence-electron chi connectivity index (χ2n) is 7.63. The number of ether oxygens (including phenoxy) is 2. The Morgan fingerprint density at radius 1 is 1.21 bits per heavy atom. The minimum Gasteiger partial charge on any atom is -0.492 e. The number of amides is 1. The number of carbonyl (C=O) groups excluding carboxylic acids is 1. The summed E-state index contributed by atoms with van der Waals surface area (Å²) in [6.45, 7) is 7.14. The van der Waals surface area contributed by atoms with Crippen LogP contribution in [-0.2, 0) is 9.53 Å². The number of guanidine groups is 1. The van der Waals surface area contributed by atoms with Crippen LogP contribution in [0.3, 0.4) is 0 Å². The highest BCUT2D eigenvalue weighted by atomic mass is 16.5. The fourth-order valence-corrected chi connectivity index (χ4v) is 3.72. The van der Waals surface area contributed by atoms with Crippen molar-refractivity contribution in [2.45, 2.75) is 46.0 Å². The zero-order valence-electron chi connectivity index (χ0n) is 18.1. The van der Waals surface area contributed by atoms with E-state index in [1.54, 1.807) is 7.11 Å². The van der Waals surface area contributed by atoms with E-state index in [4.69, 9.17) is 14.5 Å². The molecule has 0 radical (unpaired) electrons. The van der Waals surface area contributed by atoms with Crippen LogP contribution in [0.25, 0.3) is 0 Å². The molecule has 0 heterocycles. The van der Waals surface area contributed by atoms with E-state index in [1.807, 2.05) is 24.3 Å². The van der Waals surface area contributed by atoms with Gasteiger partial charge in [-0.05, 0) is 43.7 Å². The first-order chi connectivity index (χ1) is 14.1. The van der Waals surface area contributed by atoms with E-state index in [2.05, 4.69) is 22.9 Å². The first-order valence-electron chi connectivity index (χ1n) is 10.6. The minimum atomic E-state index is -0.0964. The van der Waals surface area contributed by atoms with E-state index < -0.39 is 0 Å². The Kier molecular flexibility index (Phi) is 9.77. The summed E-state index contributed by atoms with van der Waals surface area (Å²) in [7, 11) is 1.77. The van der Waals surface area contributed by atoms with Gasteiger partial charge in [-0.15, -0.1) is 0 Å². The van der Waals surface area contributed by atoms with Crippen LogP contribution in [0.4, 0.5) is 5.69 Å². The molecule has 7 nitrogen and oxygen atoms in total. The third-order valence-electron chi connectivity index (χ3n) is 5.24. The van der Waals surface area contributed by atoms with Gasteiger partial charge in [0.25, 0.3) is 0 Å². The Morgan fingerprint density at radius 2 is 2.00 bits per heavy atom. The number of nitrogens with zero attached hydrogens (tertiary/aromatic N) is 1. The molecule has 0 atom stereocenters. The lowest BCUT2D eigenvalue weighted by Gasteiger charge is -2.27. The van der Waals surface area contributed by atoms with Crippen LogP contribution in [0.15, 0.2) is 29.3 Å². The Balaban J connectivity index is 1.82. The maximum absolute atomic E-state index is 11.2. The highest BCUT2D eigenvalue weighted by molar-refractivity contribution is 5.88. The fraction of sp³-hybridized carbons (Fsp3) is 0.636. The summed E-state index contributed by atoms with van der Waals surface area (Å²) in [5.41, 5.74) is 1.01. The van der Waals surface area contributed by atoms with Gasteiger partial charge in [0, 0.05) is 45.5 Å². The molecule has 0 bridgehead atoms. The molecule has 1 aliphatic carbocycles. The maximum atomic E-state index is 11.2. The number of carbonyl (C=O) groups is 1. The van der Waals surface area contributed by atoms with Crippen molar-refractivity contribution >= 4 is 17.6 Å². The lowest BCUT2D eigenvalue weighted by atomic mass is 9.83. The number of anilines is 1. The van der Waals surface area contributed by atoms with Gasteiger partial charge in [0.1, 0.15) is 12.4 Å². The topological polar surface area (TPSA) is 84.0 Å². The van der Waals surface area contributed by atoms with E-state index in [-0.39, 0.29) is 11.3 Å². The monoisotopic (exact) mass is 404 g/mol. The summed E-state index contributed by atoms with van der Waals surface area (Å²) < 4.78 is 11.1. The summed E-state index contributed by atoms with van der Waals surface area (Å²) in [6.07, 6.45) is 6.10. The van der Waals surface area contributed by atoms with Gasteiger partial charge in [0.15, 0.2) is 5.96 Å². The van der Waals surface area contributed by atoms with Crippen molar-refractivity contribution < 1.29 is 14.3 Å². The number of hydrogen-bond acceptors (Lipinski definition) is 4. The first-order valence-corrected chi connectivity index (χ1v) is 10.6. The average Bonchev–Trinajstić information content (AvgIpc) is 3.17. The van der Waals surface area contributed by atoms with Crippen LogP contribution in [-0.4, -0.2) is 51.8 Å². The van der Waals surface area contributed by atoms with Gasteiger partial charge in [0.2, 0.25) is 5.91 Å². The number of hydrogen-bond donors (Lipinski definition) is 3. The Labute approximate surface area is 174 Å². The van der Waals surface area contributed by atoms with Crippen molar-refractivity contribution in [1.29, 1.82) is 0 Å². The van der Waals surface area contributed by atoms with Gasteiger partial charge in [0.05, 0.1) is 6.54 Å². The number of rotatable bonds is 11. The zero-order chi connectivity index (χ0) is 21.0. The number of aliphatic imine (C=N–C) groups is 1. The molecule has 1 amide bonds. The standard InChI is InChI=1S/C22H36N4O3/c1-4-23-21(25-17-22(12-14-28-3)10-5-6-11-22)24-13-15-29-20-9-7-8-19(16-20)26-18(2)27/h7-9,16H,4-6,10-15,17H2,1-3H3,(H,26,27)(H2,23,24,25).